The van der Waals surface area contributed by atoms with Gasteiger partial charge in [0.25, 0.3) is 0 Å². The van der Waals surface area contributed by atoms with Gasteiger partial charge in [-0.1, -0.05) is 6.42 Å². The highest BCUT2D eigenvalue weighted by molar-refractivity contribution is 4.88. The minimum absolute atomic E-state index is 0.764. The predicted molar refractivity (Wildman–Crippen MR) is 50.5 cm³/mol. The molecule has 4 nitrogen and oxygen atoms in total. The second-order valence-electron chi connectivity index (χ2n) is 3.67. The van der Waals surface area contributed by atoms with E-state index in [2.05, 4.69) is 20.5 Å². The van der Waals surface area contributed by atoms with Gasteiger partial charge in [0, 0.05) is 19.0 Å². The molecule has 1 heterocycles. The van der Waals surface area contributed by atoms with Gasteiger partial charge in [0.05, 0.1) is 0 Å². The highest BCUT2D eigenvalue weighted by Gasteiger charge is 2.15. The third kappa shape index (κ3) is 2.28. The van der Waals surface area contributed by atoms with Crippen LogP contribution in [0.1, 0.15) is 30.9 Å². The molecule has 1 saturated carbocycles. The maximum absolute atomic E-state index is 4.24. The van der Waals surface area contributed by atoms with Gasteiger partial charge in [0.2, 0.25) is 0 Å². The highest BCUT2D eigenvalue weighted by atomic mass is 15.2. The first-order chi connectivity index (χ1) is 6.34. The van der Waals surface area contributed by atoms with Gasteiger partial charge in [-0.05, 0) is 19.8 Å². The van der Waals surface area contributed by atoms with Crippen molar-refractivity contribution >= 4 is 0 Å². The summed E-state index contributed by atoms with van der Waals surface area (Å²) in [6.07, 6.45) is 5.00. The first kappa shape index (κ1) is 8.69. The van der Waals surface area contributed by atoms with Gasteiger partial charge in [-0.15, -0.1) is 0 Å². The van der Waals surface area contributed by atoms with Crippen LogP contribution in [0.5, 0.6) is 0 Å². The number of rotatable bonds is 4. The van der Waals surface area contributed by atoms with Crippen molar-refractivity contribution in [2.75, 3.05) is 6.54 Å². The van der Waals surface area contributed by atoms with Crippen LogP contribution in [0, 0.1) is 6.92 Å². The Bertz CT molecular complexity index is 264. The average molecular weight is 180 g/mol. The van der Waals surface area contributed by atoms with Crippen LogP contribution in [0.3, 0.4) is 0 Å². The summed E-state index contributed by atoms with van der Waals surface area (Å²) >= 11 is 0. The van der Waals surface area contributed by atoms with Crippen molar-refractivity contribution in [3.63, 3.8) is 0 Å². The molecular formula is C9H16N4. The molecule has 72 valence electrons. The number of hydrogen-bond acceptors (Lipinski definition) is 3. The molecule has 0 bridgehead atoms. The smallest absolute Gasteiger partial charge is 0.151 e. The van der Waals surface area contributed by atoms with Crippen LogP contribution < -0.4 is 5.32 Å². The zero-order chi connectivity index (χ0) is 9.10. The zero-order valence-electron chi connectivity index (χ0n) is 8.01. The molecule has 2 N–H and O–H groups in total. The largest absolute Gasteiger partial charge is 0.314 e. The van der Waals surface area contributed by atoms with Crippen LogP contribution in [0.2, 0.25) is 0 Å². The first-order valence-corrected chi connectivity index (χ1v) is 4.96. The normalized spacial score (nSPS) is 17.3. The van der Waals surface area contributed by atoms with E-state index >= 15 is 0 Å². The second kappa shape index (κ2) is 3.87. The van der Waals surface area contributed by atoms with E-state index in [-0.39, 0.29) is 0 Å². The Morgan fingerprint density at radius 1 is 1.54 bits per heavy atom. The van der Waals surface area contributed by atoms with E-state index in [1.807, 2.05) is 6.92 Å². The third-order valence-electron chi connectivity index (χ3n) is 2.53. The molecule has 0 aromatic carbocycles. The van der Waals surface area contributed by atoms with Gasteiger partial charge in [-0.2, -0.15) is 5.10 Å². The molecule has 1 fully saturated rings. The fourth-order valence-electron chi connectivity index (χ4n) is 1.50. The van der Waals surface area contributed by atoms with Crippen LogP contribution in [-0.2, 0) is 6.42 Å². The molecule has 1 aromatic heterocycles. The van der Waals surface area contributed by atoms with E-state index in [4.69, 9.17) is 0 Å². The van der Waals surface area contributed by atoms with Crippen LogP contribution in [-0.4, -0.2) is 27.8 Å². The standard InChI is InChI=1S/C9H16N4/c1-7-11-9(13-12-7)5-6-10-8-3-2-4-8/h8,10H,2-6H2,1H3,(H,11,12,13). The summed E-state index contributed by atoms with van der Waals surface area (Å²) in [6.45, 7) is 2.93. The number of hydrogen-bond donors (Lipinski definition) is 2. The number of aromatic nitrogens is 3. The van der Waals surface area contributed by atoms with E-state index in [9.17, 15) is 0 Å². The molecule has 1 aliphatic rings. The van der Waals surface area contributed by atoms with Gasteiger partial charge >= 0.3 is 0 Å². The van der Waals surface area contributed by atoms with E-state index in [1.54, 1.807) is 0 Å². The summed E-state index contributed by atoms with van der Waals surface area (Å²) in [4.78, 5) is 4.24. The first-order valence-electron chi connectivity index (χ1n) is 4.96. The summed E-state index contributed by atoms with van der Waals surface area (Å²) in [7, 11) is 0. The van der Waals surface area contributed by atoms with Crippen molar-refractivity contribution < 1.29 is 0 Å². The Labute approximate surface area is 78.1 Å². The second-order valence-corrected chi connectivity index (χ2v) is 3.67. The van der Waals surface area contributed by atoms with Crippen LogP contribution in [0.25, 0.3) is 0 Å². The SMILES string of the molecule is Cc1nc(CCNC2CCC2)n[nH]1. The zero-order valence-corrected chi connectivity index (χ0v) is 8.01. The average Bonchev–Trinajstić information content (AvgIpc) is 2.42. The number of nitrogens with one attached hydrogen (secondary N) is 2. The van der Waals surface area contributed by atoms with Crippen molar-refractivity contribution in [2.45, 2.75) is 38.6 Å². The van der Waals surface area contributed by atoms with Crippen LogP contribution >= 0.6 is 0 Å². The van der Waals surface area contributed by atoms with Gasteiger partial charge < -0.3 is 5.32 Å². The van der Waals surface area contributed by atoms with Crippen LogP contribution in [0.15, 0.2) is 0 Å². The fraction of sp³-hybridized carbons (Fsp3) is 0.778. The Kier molecular flexibility index (Phi) is 2.59. The molecule has 0 saturated heterocycles. The van der Waals surface area contributed by atoms with Gasteiger partial charge in [0.1, 0.15) is 5.82 Å². The molecule has 0 amide bonds. The monoisotopic (exact) mass is 180 g/mol. The summed E-state index contributed by atoms with van der Waals surface area (Å²) in [5, 5.41) is 10.4. The summed E-state index contributed by atoms with van der Waals surface area (Å²) < 4.78 is 0. The molecule has 0 atom stereocenters. The molecule has 4 heteroatoms. The van der Waals surface area contributed by atoms with Gasteiger partial charge in [-0.3, -0.25) is 5.10 Å². The molecule has 0 spiro atoms. The van der Waals surface area contributed by atoms with E-state index < -0.39 is 0 Å². The van der Waals surface area contributed by atoms with Crippen LogP contribution in [0.4, 0.5) is 0 Å². The number of aryl methyl sites for hydroxylation is 1. The molecule has 0 radical (unpaired) electrons. The number of H-pyrrole nitrogens is 1. The van der Waals surface area contributed by atoms with Crippen molar-refractivity contribution in [1.29, 1.82) is 0 Å². The number of aromatic amines is 1. The minimum Gasteiger partial charge on any atom is -0.314 e. The van der Waals surface area contributed by atoms with E-state index in [1.165, 1.54) is 19.3 Å². The Hall–Kier alpha value is -0.900. The Morgan fingerprint density at radius 2 is 2.38 bits per heavy atom. The van der Waals surface area contributed by atoms with Gasteiger partial charge in [0.15, 0.2) is 5.82 Å². The third-order valence-corrected chi connectivity index (χ3v) is 2.53. The summed E-state index contributed by atoms with van der Waals surface area (Å²) in [5.74, 6) is 1.82. The fourth-order valence-corrected chi connectivity index (χ4v) is 1.50. The quantitative estimate of drug-likeness (QED) is 0.720. The molecule has 1 aromatic rings. The van der Waals surface area contributed by atoms with Crippen molar-refractivity contribution in [3.05, 3.63) is 11.6 Å². The number of nitrogens with zero attached hydrogens (tertiary/aromatic N) is 2. The van der Waals surface area contributed by atoms with Crippen molar-refractivity contribution in [3.8, 4) is 0 Å². The van der Waals surface area contributed by atoms with Crippen molar-refractivity contribution in [2.24, 2.45) is 0 Å². The molecule has 0 unspecified atom stereocenters. The minimum atomic E-state index is 0.764. The molecule has 13 heavy (non-hydrogen) atoms. The van der Waals surface area contributed by atoms with Gasteiger partial charge in [-0.25, -0.2) is 4.98 Å². The maximum Gasteiger partial charge on any atom is 0.151 e. The molecule has 0 aliphatic heterocycles. The molecule has 2 rings (SSSR count). The lowest BCUT2D eigenvalue weighted by Gasteiger charge is -2.26. The van der Waals surface area contributed by atoms with Crippen molar-refractivity contribution in [1.82, 2.24) is 20.5 Å². The van der Waals surface area contributed by atoms with E-state index in [0.717, 1.165) is 30.7 Å². The Balaban J connectivity index is 1.67. The summed E-state index contributed by atoms with van der Waals surface area (Å²) in [6, 6.07) is 0.764. The van der Waals surface area contributed by atoms with E-state index in [0.29, 0.717) is 0 Å². The maximum atomic E-state index is 4.24. The topological polar surface area (TPSA) is 53.6 Å². The lowest BCUT2D eigenvalue weighted by atomic mass is 9.93. The predicted octanol–water partition coefficient (Wildman–Crippen LogP) is 0.798. The molecular weight excluding hydrogens is 164 g/mol. The Morgan fingerprint density at radius 3 is 2.92 bits per heavy atom. The highest BCUT2D eigenvalue weighted by Crippen LogP contribution is 2.17. The lowest BCUT2D eigenvalue weighted by molar-refractivity contribution is 0.341. The summed E-state index contributed by atoms with van der Waals surface area (Å²) in [5.41, 5.74) is 0. The lowest BCUT2D eigenvalue weighted by Crippen LogP contribution is -2.36. The molecule has 1 aliphatic carbocycles.